The summed E-state index contributed by atoms with van der Waals surface area (Å²) in [6, 6.07) is 7.09. The third-order valence-corrected chi connectivity index (χ3v) is 2.16. The van der Waals surface area contributed by atoms with Crippen LogP contribution < -0.4 is 11.4 Å². The summed E-state index contributed by atoms with van der Waals surface area (Å²) in [4.78, 5) is 11.5. The number of nitrogen functional groups attached to an aromatic ring is 1. The zero-order valence-electron chi connectivity index (χ0n) is 8.32. The average molecular weight is 205 g/mol. The summed E-state index contributed by atoms with van der Waals surface area (Å²) in [7, 11) is 1.53. The van der Waals surface area contributed by atoms with E-state index in [1.54, 1.807) is 12.1 Å². The lowest BCUT2D eigenvalue weighted by Gasteiger charge is -2.02. The van der Waals surface area contributed by atoms with Crippen LogP contribution in [0.25, 0.3) is 11.0 Å². The molecule has 0 radical (unpaired) electrons. The number of benzene rings is 1. The van der Waals surface area contributed by atoms with Crippen LogP contribution in [0.1, 0.15) is 5.56 Å². The number of fused-ring (bicyclic) bond motifs is 1. The number of anilines is 1. The number of para-hydroxylation sites is 1. The van der Waals surface area contributed by atoms with Crippen LogP contribution in [0, 0.1) is 0 Å². The second kappa shape index (κ2) is 3.74. The molecule has 0 aliphatic carbocycles. The monoisotopic (exact) mass is 205 g/mol. The van der Waals surface area contributed by atoms with Crippen molar-refractivity contribution in [3.05, 3.63) is 40.2 Å². The lowest BCUT2D eigenvalue weighted by molar-refractivity contribution is 0.182. The summed E-state index contributed by atoms with van der Waals surface area (Å²) in [5.74, 6) is 0. The first-order valence-electron chi connectivity index (χ1n) is 4.52. The normalized spacial score (nSPS) is 10.7. The molecule has 2 rings (SSSR count). The van der Waals surface area contributed by atoms with Gasteiger partial charge in [-0.25, -0.2) is 4.79 Å². The fourth-order valence-electron chi connectivity index (χ4n) is 1.47. The molecule has 2 N–H and O–H groups in total. The quantitative estimate of drug-likeness (QED) is 0.596. The lowest BCUT2D eigenvalue weighted by Crippen LogP contribution is -2.08. The third kappa shape index (κ3) is 1.71. The van der Waals surface area contributed by atoms with Crippen molar-refractivity contribution in [2.24, 2.45) is 0 Å². The minimum absolute atomic E-state index is 0.243. The molecule has 0 aliphatic rings. The van der Waals surface area contributed by atoms with Gasteiger partial charge in [-0.2, -0.15) is 0 Å². The predicted octanol–water partition coefficient (Wildman–Crippen LogP) is 1.52. The van der Waals surface area contributed by atoms with Gasteiger partial charge in [0.2, 0.25) is 0 Å². The third-order valence-electron chi connectivity index (χ3n) is 2.16. The maximum Gasteiger partial charge on any atom is 0.341 e. The summed E-state index contributed by atoms with van der Waals surface area (Å²) in [6.45, 7) is 0.243. The minimum Gasteiger partial charge on any atom is -0.420 e. The van der Waals surface area contributed by atoms with E-state index >= 15 is 0 Å². The van der Waals surface area contributed by atoms with E-state index in [9.17, 15) is 4.79 Å². The van der Waals surface area contributed by atoms with E-state index < -0.39 is 5.63 Å². The maximum absolute atomic E-state index is 11.5. The molecule has 0 aliphatic heterocycles. The molecular formula is C11H11NO3. The minimum atomic E-state index is -0.401. The Kier molecular flexibility index (Phi) is 2.43. The highest BCUT2D eigenvalue weighted by atomic mass is 16.5. The Morgan fingerprint density at radius 3 is 3.00 bits per heavy atom. The van der Waals surface area contributed by atoms with Gasteiger partial charge in [0.25, 0.3) is 0 Å². The van der Waals surface area contributed by atoms with Crippen LogP contribution >= 0.6 is 0 Å². The first-order chi connectivity index (χ1) is 7.22. The van der Waals surface area contributed by atoms with E-state index in [-0.39, 0.29) is 6.61 Å². The first kappa shape index (κ1) is 9.73. The van der Waals surface area contributed by atoms with Gasteiger partial charge < -0.3 is 14.9 Å². The van der Waals surface area contributed by atoms with Crippen molar-refractivity contribution >= 4 is 16.7 Å². The highest BCUT2D eigenvalue weighted by Crippen LogP contribution is 2.19. The Labute approximate surface area is 86.3 Å². The van der Waals surface area contributed by atoms with Gasteiger partial charge in [-0.15, -0.1) is 0 Å². The molecule has 1 heterocycles. The SMILES string of the molecule is COCc1cc2cccc(N)c2oc1=O. The highest BCUT2D eigenvalue weighted by Gasteiger charge is 2.06. The molecule has 0 bridgehead atoms. The molecule has 1 aromatic carbocycles. The van der Waals surface area contributed by atoms with Crippen molar-refractivity contribution in [1.29, 1.82) is 0 Å². The van der Waals surface area contributed by atoms with Gasteiger partial charge in [0.05, 0.1) is 17.9 Å². The van der Waals surface area contributed by atoms with Crippen LogP contribution in [0.3, 0.4) is 0 Å². The van der Waals surface area contributed by atoms with Crippen LogP contribution in [0.2, 0.25) is 0 Å². The van der Waals surface area contributed by atoms with E-state index in [4.69, 9.17) is 14.9 Å². The average Bonchev–Trinajstić information content (AvgIpc) is 2.21. The standard InChI is InChI=1S/C11H11NO3/c1-14-6-8-5-7-3-2-4-9(12)10(7)15-11(8)13/h2-5H,6,12H2,1H3. The molecule has 4 nitrogen and oxygen atoms in total. The van der Waals surface area contributed by atoms with Crippen LogP contribution in [0.4, 0.5) is 5.69 Å². The van der Waals surface area contributed by atoms with E-state index in [1.165, 1.54) is 7.11 Å². The Hall–Kier alpha value is -1.81. The van der Waals surface area contributed by atoms with Crippen LogP contribution in [-0.2, 0) is 11.3 Å². The van der Waals surface area contributed by atoms with Crippen molar-refractivity contribution in [2.75, 3.05) is 12.8 Å². The van der Waals surface area contributed by atoms with E-state index in [0.29, 0.717) is 16.8 Å². The lowest BCUT2D eigenvalue weighted by atomic mass is 10.2. The van der Waals surface area contributed by atoms with Crippen molar-refractivity contribution in [2.45, 2.75) is 6.61 Å². The topological polar surface area (TPSA) is 65.5 Å². The van der Waals surface area contributed by atoms with Gasteiger partial charge in [-0.3, -0.25) is 0 Å². The number of nitrogens with two attached hydrogens (primary N) is 1. The Morgan fingerprint density at radius 2 is 2.27 bits per heavy atom. The molecule has 0 unspecified atom stereocenters. The van der Waals surface area contributed by atoms with E-state index in [2.05, 4.69) is 0 Å². The van der Waals surface area contributed by atoms with Crippen molar-refractivity contribution in [1.82, 2.24) is 0 Å². The molecule has 0 fully saturated rings. The number of ether oxygens (including phenoxy) is 1. The Bertz CT molecular complexity index is 545. The predicted molar refractivity (Wildman–Crippen MR) is 57.6 cm³/mol. The van der Waals surface area contributed by atoms with Gasteiger partial charge in [0, 0.05) is 12.5 Å². The molecule has 0 amide bonds. The fraction of sp³-hybridized carbons (Fsp3) is 0.182. The van der Waals surface area contributed by atoms with Gasteiger partial charge >= 0.3 is 5.63 Å². The summed E-state index contributed by atoms with van der Waals surface area (Å²) in [5, 5.41) is 0.807. The first-order valence-corrected chi connectivity index (χ1v) is 4.52. The highest BCUT2D eigenvalue weighted by molar-refractivity contribution is 5.87. The van der Waals surface area contributed by atoms with Gasteiger partial charge in [-0.1, -0.05) is 12.1 Å². The molecule has 0 spiro atoms. The summed E-state index contributed by atoms with van der Waals surface area (Å²) in [6.07, 6.45) is 0. The summed E-state index contributed by atoms with van der Waals surface area (Å²) < 4.78 is 10.0. The van der Waals surface area contributed by atoms with Gasteiger partial charge in [0.15, 0.2) is 5.58 Å². The smallest absolute Gasteiger partial charge is 0.341 e. The van der Waals surface area contributed by atoms with Crippen molar-refractivity contribution in [3.63, 3.8) is 0 Å². The van der Waals surface area contributed by atoms with Crippen LogP contribution in [0.5, 0.6) is 0 Å². The molecule has 0 atom stereocenters. The maximum atomic E-state index is 11.5. The van der Waals surface area contributed by atoms with Crippen molar-refractivity contribution < 1.29 is 9.15 Å². The molecule has 0 saturated heterocycles. The summed E-state index contributed by atoms with van der Waals surface area (Å²) in [5.41, 5.74) is 6.68. The summed E-state index contributed by atoms with van der Waals surface area (Å²) >= 11 is 0. The molecular weight excluding hydrogens is 194 g/mol. The number of methoxy groups -OCH3 is 1. The number of hydrogen-bond donors (Lipinski definition) is 1. The molecule has 0 saturated carbocycles. The molecule has 1 aromatic heterocycles. The number of hydrogen-bond acceptors (Lipinski definition) is 4. The van der Waals surface area contributed by atoms with Crippen LogP contribution in [-0.4, -0.2) is 7.11 Å². The zero-order chi connectivity index (χ0) is 10.8. The second-order valence-corrected chi connectivity index (χ2v) is 3.26. The van der Waals surface area contributed by atoms with E-state index in [0.717, 1.165) is 5.39 Å². The molecule has 78 valence electrons. The zero-order valence-corrected chi connectivity index (χ0v) is 8.32. The van der Waals surface area contributed by atoms with Crippen LogP contribution in [0.15, 0.2) is 33.5 Å². The Morgan fingerprint density at radius 1 is 1.47 bits per heavy atom. The Balaban J connectivity index is 2.71. The van der Waals surface area contributed by atoms with Gasteiger partial charge in [-0.05, 0) is 12.1 Å². The largest absolute Gasteiger partial charge is 0.420 e. The second-order valence-electron chi connectivity index (χ2n) is 3.26. The fourth-order valence-corrected chi connectivity index (χ4v) is 1.47. The molecule has 15 heavy (non-hydrogen) atoms. The number of rotatable bonds is 2. The molecule has 4 heteroatoms. The van der Waals surface area contributed by atoms with Gasteiger partial charge in [0.1, 0.15) is 0 Å². The van der Waals surface area contributed by atoms with E-state index in [1.807, 2.05) is 12.1 Å². The van der Waals surface area contributed by atoms with Crippen molar-refractivity contribution in [3.8, 4) is 0 Å². The molecule has 2 aromatic rings.